The van der Waals surface area contributed by atoms with Crippen molar-refractivity contribution in [3.63, 3.8) is 0 Å². The average Bonchev–Trinajstić information content (AvgIpc) is 3.28. The number of carbonyl (C=O) groups excluding carboxylic acids is 2. The number of alkyl halides is 4. The minimum atomic E-state index is -5.08. The van der Waals surface area contributed by atoms with Crippen LogP contribution in [0.15, 0.2) is 53.4 Å². The zero-order chi connectivity index (χ0) is 27.3. The Hall–Kier alpha value is -3.86. The van der Waals surface area contributed by atoms with Gasteiger partial charge in [0.15, 0.2) is 0 Å². The molecule has 1 saturated heterocycles. The number of nitrogens with zero attached hydrogens (tertiary/aromatic N) is 1. The van der Waals surface area contributed by atoms with Gasteiger partial charge in [-0.3, -0.25) is 14.6 Å². The number of nitrogens with one attached hydrogen (secondary N) is 3. The Morgan fingerprint density at radius 1 is 1.30 bits per heavy atom. The molecular formula is C25H24ClF3N4O4. The normalized spacial score (nSPS) is 17.7. The van der Waals surface area contributed by atoms with Crippen molar-refractivity contribution in [2.24, 2.45) is 0 Å². The maximum Gasteiger partial charge on any atom is 0.490 e. The molecule has 0 radical (unpaired) electrons. The first-order valence-electron chi connectivity index (χ1n) is 11.2. The Labute approximate surface area is 215 Å². The fourth-order valence-electron chi connectivity index (χ4n) is 3.83. The van der Waals surface area contributed by atoms with Crippen molar-refractivity contribution in [3.8, 4) is 0 Å². The van der Waals surface area contributed by atoms with Crippen molar-refractivity contribution in [2.75, 3.05) is 6.54 Å². The van der Waals surface area contributed by atoms with Gasteiger partial charge in [0.1, 0.15) is 0 Å². The molecule has 0 bridgehead atoms. The summed E-state index contributed by atoms with van der Waals surface area (Å²) in [4.78, 5) is 41.6. The van der Waals surface area contributed by atoms with E-state index >= 15 is 0 Å². The van der Waals surface area contributed by atoms with E-state index in [1.807, 2.05) is 44.2 Å². The number of carboxylic acids is 1. The van der Waals surface area contributed by atoms with Crippen molar-refractivity contribution in [2.45, 2.75) is 38.2 Å². The lowest BCUT2D eigenvalue weighted by atomic mass is 9.98. The van der Waals surface area contributed by atoms with Crippen LogP contribution in [0.25, 0.3) is 6.08 Å². The molecule has 1 fully saturated rings. The number of hydrogen-bond acceptors (Lipinski definition) is 4. The van der Waals surface area contributed by atoms with Gasteiger partial charge >= 0.3 is 12.1 Å². The number of rotatable bonds is 5. The third-order valence-electron chi connectivity index (χ3n) is 5.60. The second-order valence-electron chi connectivity index (χ2n) is 8.26. The summed E-state index contributed by atoms with van der Waals surface area (Å²) in [5.74, 6) is -3.06. The molecule has 196 valence electrons. The molecule has 1 atom stereocenters. The number of aromatic amines is 1. The van der Waals surface area contributed by atoms with Gasteiger partial charge in [-0.15, -0.1) is 11.6 Å². The van der Waals surface area contributed by atoms with Gasteiger partial charge in [0, 0.05) is 47.5 Å². The molecule has 37 heavy (non-hydrogen) atoms. The third-order valence-corrected chi connectivity index (χ3v) is 5.90. The molecule has 2 aromatic heterocycles. The molecular weight excluding hydrogens is 513 g/mol. The summed E-state index contributed by atoms with van der Waals surface area (Å²) in [6, 6.07) is 5.73. The maximum absolute atomic E-state index is 12.8. The van der Waals surface area contributed by atoms with Crippen LogP contribution in [-0.4, -0.2) is 51.0 Å². The monoisotopic (exact) mass is 536 g/mol. The number of carboxylic acid groups (broad SMARTS) is 1. The highest BCUT2D eigenvalue weighted by Gasteiger charge is 2.38. The number of amides is 2. The number of aromatic nitrogens is 2. The second kappa shape index (κ2) is 11.5. The Morgan fingerprint density at radius 3 is 2.62 bits per heavy atom. The van der Waals surface area contributed by atoms with E-state index < -0.39 is 12.1 Å². The molecule has 2 aromatic rings. The summed E-state index contributed by atoms with van der Waals surface area (Å²) in [6.07, 6.45) is 3.65. The van der Waals surface area contributed by atoms with Gasteiger partial charge in [0.2, 0.25) is 0 Å². The predicted molar refractivity (Wildman–Crippen MR) is 131 cm³/mol. The zero-order valence-electron chi connectivity index (χ0n) is 19.9. The van der Waals surface area contributed by atoms with Crippen LogP contribution in [0.4, 0.5) is 13.2 Å². The van der Waals surface area contributed by atoms with Crippen molar-refractivity contribution in [3.05, 3.63) is 81.6 Å². The van der Waals surface area contributed by atoms with E-state index in [0.717, 1.165) is 33.9 Å². The number of H-pyrrole nitrogens is 1. The molecule has 2 amide bonds. The average molecular weight is 537 g/mol. The molecule has 4 N–H and O–H groups in total. The van der Waals surface area contributed by atoms with Gasteiger partial charge in [-0.1, -0.05) is 18.2 Å². The summed E-state index contributed by atoms with van der Waals surface area (Å²) < 4.78 is 31.7. The minimum Gasteiger partial charge on any atom is -0.475 e. The van der Waals surface area contributed by atoms with Crippen LogP contribution in [-0.2, 0) is 16.0 Å². The van der Waals surface area contributed by atoms with Crippen LogP contribution in [0.5, 0.6) is 0 Å². The Bertz CT molecular complexity index is 1300. The summed E-state index contributed by atoms with van der Waals surface area (Å²) >= 11 is 6.24. The third kappa shape index (κ3) is 6.88. The molecule has 1 aliphatic carbocycles. The number of halogens is 4. The topological polar surface area (TPSA) is 124 Å². The molecule has 3 heterocycles. The Balaban J connectivity index is 0.000000479. The van der Waals surface area contributed by atoms with E-state index in [9.17, 15) is 22.8 Å². The Kier molecular flexibility index (Phi) is 8.59. The minimum absolute atomic E-state index is 0.133. The van der Waals surface area contributed by atoms with Crippen LogP contribution in [0.1, 0.15) is 39.4 Å². The van der Waals surface area contributed by atoms with Gasteiger partial charge in [0.25, 0.3) is 11.8 Å². The Morgan fingerprint density at radius 2 is 2.00 bits per heavy atom. The maximum atomic E-state index is 12.8. The number of hydrogen-bond donors (Lipinski definition) is 4. The summed E-state index contributed by atoms with van der Waals surface area (Å²) in [7, 11) is 0. The lowest BCUT2D eigenvalue weighted by molar-refractivity contribution is -0.192. The van der Waals surface area contributed by atoms with Crippen molar-refractivity contribution in [1.29, 1.82) is 0 Å². The van der Waals surface area contributed by atoms with Gasteiger partial charge < -0.3 is 20.7 Å². The van der Waals surface area contributed by atoms with Crippen molar-refractivity contribution >= 4 is 35.5 Å². The second-order valence-corrected chi connectivity index (χ2v) is 8.82. The SMILES string of the molecule is Cc1[nH]c(/C=C2\C(=O)NC3=CCC(Cl)C=C32)c(C)c1C(=O)NCCc1ccccn1.O=C(O)C(F)(F)F. The summed E-state index contributed by atoms with van der Waals surface area (Å²) in [5.41, 5.74) is 6.02. The van der Waals surface area contributed by atoms with Gasteiger partial charge in [0.05, 0.1) is 16.5 Å². The molecule has 2 aliphatic rings. The van der Waals surface area contributed by atoms with Gasteiger partial charge in [-0.2, -0.15) is 13.2 Å². The van der Waals surface area contributed by atoms with Crippen LogP contribution in [0, 0.1) is 13.8 Å². The van der Waals surface area contributed by atoms with E-state index in [1.165, 1.54) is 0 Å². The largest absolute Gasteiger partial charge is 0.490 e. The van der Waals surface area contributed by atoms with Crippen LogP contribution >= 0.6 is 11.6 Å². The molecule has 1 aliphatic heterocycles. The van der Waals surface area contributed by atoms with E-state index in [-0.39, 0.29) is 17.2 Å². The van der Waals surface area contributed by atoms with Gasteiger partial charge in [-0.05, 0) is 44.0 Å². The first-order chi connectivity index (χ1) is 17.4. The van der Waals surface area contributed by atoms with Crippen LogP contribution < -0.4 is 10.6 Å². The lowest BCUT2D eigenvalue weighted by Crippen LogP contribution is -2.26. The van der Waals surface area contributed by atoms with E-state index in [2.05, 4.69) is 20.6 Å². The number of carbonyl (C=O) groups is 3. The zero-order valence-corrected chi connectivity index (χ0v) is 20.6. The number of aliphatic carboxylic acids is 1. The molecule has 4 rings (SSSR count). The molecule has 1 unspecified atom stereocenters. The van der Waals surface area contributed by atoms with Gasteiger partial charge in [-0.25, -0.2) is 4.79 Å². The fraction of sp³-hybridized carbons (Fsp3) is 0.280. The first kappa shape index (κ1) is 27.7. The van der Waals surface area contributed by atoms with Crippen molar-refractivity contribution < 1.29 is 32.7 Å². The molecule has 0 aromatic carbocycles. The molecule has 12 heteroatoms. The van der Waals surface area contributed by atoms with E-state index in [1.54, 1.807) is 12.3 Å². The first-order valence-corrected chi connectivity index (χ1v) is 11.6. The molecule has 8 nitrogen and oxygen atoms in total. The molecule has 0 spiro atoms. The number of pyridine rings is 1. The summed E-state index contributed by atoms with van der Waals surface area (Å²) in [6.45, 7) is 4.24. The fourth-order valence-corrected chi connectivity index (χ4v) is 4.04. The standard InChI is InChI=1S/C23H23ClN4O2.C2HF3O2/c1-13-20(12-18-17-11-15(24)6-7-19(17)28-22(18)29)27-14(2)21(13)23(30)26-10-8-16-5-3-4-9-25-16;3-2(4,5)1(6)7/h3-5,7,9,11-12,15,27H,6,8,10H2,1-2H3,(H,26,30)(H,28,29);(H,6,7)/b18-12-;. The van der Waals surface area contributed by atoms with Crippen molar-refractivity contribution in [1.82, 2.24) is 20.6 Å². The van der Waals surface area contributed by atoms with E-state index in [0.29, 0.717) is 30.5 Å². The lowest BCUT2D eigenvalue weighted by Gasteiger charge is -2.11. The number of fused-ring (bicyclic) bond motifs is 1. The number of aryl methyl sites for hydroxylation is 1. The summed E-state index contributed by atoms with van der Waals surface area (Å²) in [5, 5.41) is 12.8. The quantitative estimate of drug-likeness (QED) is 0.340. The smallest absolute Gasteiger partial charge is 0.475 e. The molecule has 0 saturated carbocycles. The highest BCUT2D eigenvalue weighted by molar-refractivity contribution is 6.22. The van der Waals surface area contributed by atoms with E-state index in [4.69, 9.17) is 21.5 Å². The van der Waals surface area contributed by atoms with Crippen LogP contribution in [0.2, 0.25) is 0 Å². The highest BCUT2D eigenvalue weighted by Crippen LogP contribution is 2.33. The number of allylic oxidation sites excluding steroid dienone is 3. The predicted octanol–water partition coefficient (Wildman–Crippen LogP) is 3.97. The highest BCUT2D eigenvalue weighted by atomic mass is 35.5. The van der Waals surface area contributed by atoms with Crippen LogP contribution in [0.3, 0.4) is 0 Å².